The third-order valence-corrected chi connectivity index (χ3v) is 3.29. The van der Waals surface area contributed by atoms with E-state index in [1.807, 2.05) is 19.9 Å². The van der Waals surface area contributed by atoms with Crippen LogP contribution in [0.2, 0.25) is 0 Å². The fourth-order valence-electron chi connectivity index (χ4n) is 2.13. The molecule has 0 bridgehead atoms. The first-order chi connectivity index (χ1) is 9.47. The lowest BCUT2D eigenvalue weighted by Gasteiger charge is -2.21. The van der Waals surface area contributed by atoms with Gasteiger partial charge in [-0.1, -0.05) is 18.2 Å². The molecule has 2 aromatic carbocycles. The van der Waals surface area contributed by atoms with E-state index < -0.39 is 11.6 Å². The molecule has 0 aliphatic carbocycles. The van der Waals surface area contributed by atoms with Gasteiger partial charge >= 0.3 is 0 Å². The second-order valence-corrected chi connectivity index (χ2v) is 4.84. The summed E-state index contributed by atoms with van der Waals surface area (Å²) >= 11 is 0. The van der Waals surface area contributed by atoms with Crippen molar-refractivity contribution in [3.63, 3.8) is 0 Å². The largest absolute Gasteiger partial charge is 0.304 e. The first-order valence-corrected chi connectivity index (χ1v) is 6.44. The zero-order valence-electron chi connectivity index (χ0n) is 11.3. The zero-order valence-corrected chi connectivity index (χ0v) is 11.3. The van der Waals surface area contributed by atoms with Crippen molar-refractivity contribution in [2.24, 2.45) is 0 Å². The lowest BCUT2D eigenvalue weighted by molar-refractivity contribution is 0.478. The fraction of sp³-hybridized carbons (Fsp3) is 0.250. The van der Waals surface area contributed by atoms with Crippen LogP contribution in [-0.4, -0.2) is 0 Å². The van der Waals surface area contributed by atoms with Crippen LogP contribution in [0.25, 0.3) is 0 Å². The van der Waals surface area contributed by atoms with E-state index in [2.05, 4.69) is 5.32 Å². The molecule has 0 aromatic heterocycles. The molecule has 2 atom stereocenters. The molecule has 2 aromatic rings. The predicted octanol–water partition coefficient (Wildman–Crippen LogP) is 4.52. The standard InChI is InChI=1S/C16H16F3N/c1-10(12-4-3-5-14(17)8-12)20-11(2)13-6-7-15(18)16(19)9-13/h3-11,20H,1-2H3/t10-,11?/m0/s1. The molecule has 2 rings (SSSR count). The molecule has 1 nitrogen and oxygen atoms in total. The molecule has 106 valence electrons. The average molecular weight is 279 g/mol. The van der Waals surface area contributed by atoms with E-state index in [4.69, 9.17) is 0 Å². The summed E-state index contributed by atoms with van der Waals surface area (Å²) < 4.78 is 39.3. The number of hydrogen-bond donors (Lipinski definition) is 1. The van der Waals surface area contributed by atoms with Gasteiger partial charge in [0.15, 0.2) is 11.6 Å². The highest BCUT2D eigenvalue weighted by Gasteiger charge is 2.13. The number of halogens is 3. The van der Waals surface area contributed by atoms with E-state index >= 15 is 0 Å². The molecule has 0 aliphatic rings. The van der Waals surface area contributed by atoms with Crippen LogP contribution in [0.1, 0.15) is 37.1 Å². The van der Waals surface area contributed by atoms with Gasteiger partial charge in [-0.25, -0.2) is 13.2 Å². The summed E-state index contributed by atoms with van der Waals surface area (Å²) in [5.74, 6) is -2.02. The molecule has 0 saturated carbocycles. The maximum absolute atomic E-state index is 13.2. The molecule has 1 N–H and O–H groups in total. The van der Waals surface area contributed by atoms with E-state index in [1.54, 1.807) is 6.07 Å². The summed E-state index contributed by atoms with van der Waals surface area (Å²) in [6.07, 6.45) is 0. The normalized spacial score (nSPS) is 14.1. The summed E-state index contributed by atoms with van der Waals surface area (Å²) in [6, 6.07) is 9.83. The number of nitrogens with one attached hydrogen (secondary N) is 1. The average Bonchev–Trinajstić information content (AvgIpc) is 2.41. The molecular weight excluding hydrogens is 263 g/mol. The molecule has 20 heavy (non-hydrogen) atoms. The van der Waals surface area contributed by atoms with Crippen molar-refractivity contribution in [1.29, 1.82) is 0 Å². The number of benzene rings is 2. The first kappa shape index (κ1) is 14.6. The van der Waals surface area contributed by atoms with Crippen LogP contribution in [0.3, 0.4) is 0 Å². The quantitative estimate of drug-likeness (QED) is 0.868. The van der Waals surface area contributed by atoms with Gasteiger partial charge in [-0.2, -0.15) is 0 Å². The molecule has 0 aliphatic heterocycles. The maximum Gasteiger partial charge on any atom is 0.159 e. The second-order valence-electron chi connectivity index (χ2n) is 4.84. The van der Waals surface area contributed by atoms with E-state index in [-0.39, 0.29) is 17.9 Å². The monoisotopic (exact) mass is 279 g/mol. The van der Waals surface area contributed by atoms with E-state index in [0.717, 1.165) is 11.6 Å². The Balaban J connectivity index is 2.10. The smallest absolute Gasteiger partial charge is 0.159 e. The Morgan fingerprint density at radius 1 is 0.800 bits per heavy atom. The summed E-state index contributed by atoms with van der Waals surface area (Å²) in [4.78, 5) is 0. The van der Waals surface area contributed by atoms with Crippen molar-refractivity contribution in [3.05, 3.63) is 71.0 Å². The summed E-state index contributed by atoms with van der Waals surface area (Å²) in [5.41, 5.74) is 1.45. The Morgan fingerprint density at radius 3 is 2.05 bits per heavy atom. The SMILES string of the molecule is CC(N[C@@H](C)c1cccc(F)c1)c1ccc(F)c(F)c1. The highest BCUT2D eigenvalue weighted by molar-refractivity contribution is 5.23. The zero-order chi connectivity index (χ0) is 14.7. The molecule has 1 unspecified atom stereocenters. The predicted molar refractivity (Wildman–Crippen MR) is 72.7 cm³/mol. The van der Waals surface area contributed by atoms with Gasteiger partial charge in [-0.15, -0.1) is 0 Å². The Kier molecular flexibility index (Phi) is 4.45. The third kappa shape index (κ3) is 3.39. The third-order valence-electron chi connectivity index (χ3n) is 3.29. The Bertz CT molecular complexity index is 598. The van der Waals surface area contributed by atoms with E-state index in [1.165, 1.54) is 24.3 Å². The number of rotatable bonds is 4. The highest BCUT2D eigenvalue weighted by Crippen LogP contribution is 2.21. The van der Waals surface area contributed by atoms with E-state index in [9.17, 15) is 13.2 Å². The van der Waals surface area contributed by atoms with Crippen molar-refractivity contribution in [2.75, 3.05) is 0 Å². The van der Waals surface area contributed by atoms with Crippen molar-refractivity contribution in [2.45, 2.75) is 25.9 Å². The lowest BCUT2D eigenvalue weighted by Crippen LogP contribution is -2.22. The van der Waals surface area contributed by atoms with Crippen molar-refractivity contribution >= 4 is 0 Å². The second kappa shape index (κ2) is 6.09. The van der Waals surface area contributed by atoms with Gasteiger partial charge in [0.2, 0.25) is 0 Å². The van der Waals surface area contributed by atoms with Crippen LogP contribution in [0.4, 0.5) is 13.2 Å². The van der Waals surface area contributed by atoms with Gasteiger partial charge in [-0.3, -0.25) is 0 Å². The Morgan fingerprint density at radius 2 is 1.45 bits per heavy atom. The summed E-state index contributed by atoms with van der Waals surface area (Å²) in [6.45, 7) is 3.74. The molecule has 0 fully saturated rings. The minimum Gasteiger partial charge on any atom is -0.304 e. The molecule has 4 heteroatoms. The van der Waals surface area contributed by atoms with Crippen LogP contribution >= 0.6 is 0 Å². The van der Waals surface area contributed by atoms with E-state index in [0.29, 0.717) is 5.56 Å². The lowest BCUT2D eigenvalue weighted by atomic mass is 10.0. The molecule has 0 heterocycles. The Hall–Kier alpha value is -1.81. The molecule has 0 saturated heterocycles. The van der Waals surface area contributed by atoms with Crippen LogP contribution in [-0.2, 0) is 0 Å². The van der Waals surface area contributed by atoms with Gasteiger partial charge in [0.05, 0.1) is 0 Å². The first-order valence-electron chi connectivity index (χ1n) is 6.44. The van der Waals surface area contributed by atoms with Crippen molar-refractivity contribution < 1.29 is 13.2 Å². The fourth-order valence-corrected chi connectivity index (χ4v) is 2.13. The van der Waals surface area contributed by atoms with Crippen LogP contribution in [0, 0.1) is 17.5 Å². The van der Waals surface area contributed by atoms with Gasteiger partial charge < -0.3 is 5.32 Å². The molecule has 0 amide bonds. The van der Waals surface area contributed by atoms with Crippen LogP contribution < -0.4 is 5.32 Å². The minimum atomic E-state index is -0.866. The molecule has 0 radical (unpaired) electrons. The molecular formula is C16H16F3N. The minimum absolute atomic E-state index is 0.103. The number of hydrogen-bond acceptors (Lipinski definition) is 1. The van der Waals surface area contributed by atoms with Gasteiger partial charge in [0.25, 0.3) is 0 Å². The van der Waals surface area contributed by atoms with Crippen LogP contribution in [0.5, 0.6) is 0 Å². The molecule has 0 spiro atoms. The van der Waals surface area contributed by atoms with Gasteiger partial charge in [-0.05, 0) is 49.2 Å². The topological polar surface area (TPSA) is 12.0 Å². The van der Waals surface area contributed by atoms with Crippen LogP contribution in [0.15, 0.2) is 42.5 Å². The summed E-state index contributed by atoms with van der Waals surface area (Å²) in [5, 5.41) is 3.23. The van der Waals surface area contributed by atoms with Gasteiger partial charge in [0, 0.05) is 12.1 Å². The van der Waals surface area contributed by atoms with Crippen molar-refractivity contribution in [3.8, 4) is 0 Å². The maximum atomic E-state index is 13.2. The van der Waals surface area contributed by atoms with Crippen molar-refractivity contribution in [1.82, 2.24) is 5.32 Å². The Labute approximate surface area is 116 Å². The van der Waals surface area contributed by atoms with Gasteiger partial charge in [0.1, 0.15) is 5.82 Å². The highest BCUT2D eigenvalue weighted by atomic mass is 19.2. The summed E-state index contributed by atoms with van der Waals surface area (Å²) in [7, 11) is 0.